The first kappa shape index (κ1) is 18.3. The van der Waals surface area contributed by atoms with Crippen LogP contribution in [0.4, 0.5) is 10.1 Å². The Kier molecular flexibility index (Phi) is 5.24. The van der Waals surface area contributed by atoms with Gasteiger partial charge in [-0.05, 0) is 35.9 Å². The molecule has 0 spiro atoms. The van der Waals surface area contributed by atoms with Crippen LogP contribution in [0.5, 0.6) is 11.6 Å². The van der Waals surface area contributed by atoms with E-state index in [-0.39, 0.29) is 12.3 Å². The Morgan fingerprint density at radius 1 is 1.10 bits per heavy atom. The van der Waals surface area contributed by atoms with Crippen molar-refractivity contribution in [3.63, 3.8) is 0 Å². The number of imidazole rings is 1. The van der Waals surface area contributed by atoms with Crippen LogP contribution < -0.4 is 10.1 Å². The van der Waals surface area contributed by atoms with Crippen LogP contribution in [0.15, 0.2) is 79.6 Å². The number of carbonyl (C=O) groups is 1. The van der Waals surface area contributed by atoms with Gasteiger partial charge in [-0.3, -0.25) is 9.36 Å². The van der Waals surface area contributed by atoms with Crippen LogP contribution in [-0.2, 0) is 11.2 Å². The molecule has 1 amide bonds. The highest BCUT2D eigenvalue weighted by Crippen LogP contribution is 2.22. The SMILES string of the molecule is O=C(Cc1ccccc1F)Nc1ccc(Oc2cc(-n3ccnc3)ncn2)cc1. The molecule has 0 bridgehead atoms. The van der Waals surface area contributed by atoms with Crippen LogP contribution >= 0.6 is 0 Å². The Labute approximate surface area is 165 Å². The van der Waals surface area contributed by atoms with Crippen LogP contribution in [0, 0.1) is 5.82 Å². The molecule has 0 radical (unpaired) electrons. The summed E-state index contributed by atoms with van der Waals surface area (Å²) in [6, 6.07) is 14.7. The summed E-state index contributed by atoms with van der Waals surface area (Å²) in [6.07, 6.45) is 6.42. The molecule has 7 nitrogen and oxygen atoms in total. The Balaban J connectivity index is 1.39. The molecule has 1 N–H and O–H groups in total. The van der Waals surface area contributed by atoms with E-state index >= 15 is 0 Å². The highest BCUT2D eigenvalue weighted by molar-refractivity contribution is 5.92. The van der Waals surface area contributed by atoms with Gasteiger partial charge in [0.1, 0.15) is 30.0 Å². The molecule has 144 valence electrons. The van der Waals surface area contributed by atoms with Crippen molar-refractivity contribution in [3.05, 3.63) is 91.0 Å². The number of carbonyl (C=O) groups excluding carboxylic acids is 1. The Hall–Kier alpha value is -4.07. The first-order valence-corrected chi connectivity index (χ1v) is 8.79. The van der Waals surface area contributed by atoms with Gasteiger partial charge in [0.25, 0.3) is 0 Å². The van der Waals surface area contributed by atoms with Gasteiger partial charge in [-0.25, -0.2) is 19.3 Å². The summed E-state index contributed by atoms with van der Waals surface area (Å²) >= 11 is 0. The molecular formula is C21H16FN5O2. The van der Waals surface area contributed by atoms with E-state index in [0.717, 1.165) is 0 Å². The zero-order valence-corrected chi connectivity index (χ0v) is 15.2. The second kappa shape index (κ2) is 8.30. The molecule has 2 heterocycles. The highest BCUT2D eigenvalue weighted by Gasteiger charge is 2.08. The molecule has 0 saturated heterocycles. The normalized spacial score (nSPS) is 10.5. The molecule has 2 aromatic heterocycles. The standard InChI is InChI=1S/C21H16FN5O2/c22-18-4-2-1-3-15(18)11-20(28)26-16-5-7-17(8-6-16)29-21-12-19(24-13-25-21)27-10-9-23-14-27/h1-10,12-14H,11H2,(H,26,28). The molecule has 29 heavy (non-hydrogen) atoms. The number of ether oxygens (including phenoxy) is 1. The van der Waals surface area contributed by atoms with E-state index in [9.17, 15) is 9.18 Å². The molecule has 0 aliphatic rings. The number of benzene rings is 2. The quantitative estimate of drug-likeness (QED) is 0.543. The largest absolute Gasteiger partial charge is 0.439 e. The van der Waals surface area contributed by atoms with Gasteiger partial charge < -0.3 is 10.1 Å². The fourth-order valence-corrected chi connectivity index (χ4v) is 2.67. The number of aromatic nitrogens is 4. The third kappa shape index (κ3) is 4.62. The number of nitrogens with zero attached hydrogens (tertiary/aromatic N) is 4. The first-order valence-electron chi connectivity index (χ1n) is 8.79. The van der Waals surface area contributed by atoms with Gasteiger partial charge in [-0.2, -0.15) is 0 Å². The summed E-state index contributed by atoms with van der Waals surface area (Å²) in [4.78, 5) is 24.4. The van der Waals surface area contributed by atoms with Crippen molar-refractivity contribution < 1.29 is 13.9 Å². The van der Waals surface area contributed by atoms with Gasteiger partial charge in [-0.1, -0.05) is 18.2 Å². The van der Waals surface area contributed by atoms with Crippen LogP contribution in [0.2, 0.25) is 0 Å². The number of hydrogen-bond donors (Lipinski definition) is 1. The molecule has 2 aromatic carbocycles. The van der Waals surface area contributed by atoms with Crippen molar-refractivity contribution >= 4 is 11.6 Å². The van der Waals surface area contributed by atoms with Gasteiger partial charge >= 0.3 is 0 Å². The predicted octanol–water partition coefficient (Wildman–Crippen LogP) is 3.77. The van der Waals surface area contributed by atoms with Crippen LogP contribution in [-0.4, -0.2) is 25.4 Å². The fraction of sp³-hybridized carbons (Fsp3) is 0.0476. The number of amides is 1. The van der Waals surface area contributed by atoms with Gasteiger partial charge in [0.15, 0.2) is 0 Å². The summed E-state index contributed by atoms with van der Waals surface area (Å²) in [6.45, 7) is 0. The van der Waals surface area contributed by atoms with Crippen molar-refractivity contribution in [1.29, 1.82) is 0 Å². The molecule has 0 aliphatic carbocycles. The maximum Gasteiger partial charge on any atom is 0.228 e. The van der Waals surface area contributed by atoms with E-state index in [1.165, 1.54) is 12.4 Å². The van der Waals surface area contributed by atoms with Crippen molar-refractivity contribution in [2.75, 3.05) is 5.32 Å². The third-order valence-corrected chi connectivity index (χ3v) is 4.07. The van der Waals surface area contributed by atoms with Gasteiger partial charge in [0.05, 0.1) is 6.42 Å². The van der Waals surface area contributed by atoms with Gasteiger partial charge in [0.2, 0.25) is 11.8 Å². The van der Waals surface area contributed by atoms with E-state index in [2.05, 4.69) is 20.3 Å². The van der Waals surface area contributed by atoms with E-state index in [0.29, 0.717) is 28.7 Å². The minimum absolute atomic E-state index is 0.0388. The summed E-state index contributed by atoms with van der Waals surface area (Å²) in [7, 11) is 0. The van der Waals surface area contributed by atoms with Gasteiger partial charge in [-0.15, -0.1) is 0 Å². The van der Waals surface area contributed by atoms with Crippen molar-refractivity contribution in [1.82, 2.24) is 19.5 Å². The van der Waals surface area contributed by atoms with E-state index in [1.807, 2.05) is 0 Å². The lowest BCUT2D eigenvalue weighted by molar-refractivity contribution is -0.115. The second-order valence-electron chi connectivity index (χ2n) is 6.13. The van der Waals surface area contributed by atoms with Crippen LogP contribution in [0.1, 0.15) is 5.56 Å². The Morgan fingerprint density at radius 3 is 2.69 bits per heavy atom. The Morgan fingerprint density at radius 2 is 1.93 bits per heavy atom. The number of halogens is 1. The minimum atomic E-state index is -0.397. The third-order valence-electron chi connectivity index (χ3n) is 4.07. The lowest BCUT2D eigenvalue weighted by Crippen LogP contribution is -2.15. The summed E-state index contributed by atoms with van der Waals surface area (Å²) < 4.78 is 21.1. The average molecular weight is 389 g/mol. The molecule has 0 aliphatic heterocycles. The lowest BCUT2D eigenvalue weighted by Gasteiger charge is -2.09. The maximum atomic E-state index is 13.7. The van der Waals surface area contributed by atoms with Crippen molar-refractivity contribution in [2.24, 2.45) is 0 Å². The summed E-state index contributed by atoms with van der Waals surface area (Å²) in [5, 5.41) is 2.74. The van der Waals surface area contributed by atoms with Crippen LogP contribution in [0.3, 0.4) is 0 Å². The van der Waals surface area contributed by atoms with E-state index in [1.54, 1.807) is 71.8 Å². The molecule has 0 fully saturated rings. The molecule has 8 heteroatoms. The smallest absolute Gasteiger partial charge is 0.228 e. The molecular weight excluding hydrogens is 373 g/mol. The molecule has 0 atom stereocenters. The van der Waals surface area contributed by atoms with E-state index < -0.39 is 5.82 Å². The number of anilines is 1. The molecule has 0 unspecified atom stereocenters. The topological polar surface area (TPSA) is 81.9 Å². The minimum Gasteiger partial charge on any atom is -0.439 e. The summed E-state index contributed by atoms with van der Waals surface area (Å²) in [5.41, 5.74) is 0.933. The Bertz CT molecular complexity index is 1110. The average Bonchev–Trinajstić information content (AvgIpc) is 3.26. The van der Waals surface area contributed by atoms with Gasteiger partial charge in [0, 0.05) is 24.1 Å². The number of rotatable bonds is 6. The van der Waals surface area contributed by atoms with Crippen molar-refractivity contribution in [2.45, 2.75) is 6.42 Å². The second-order valence-corrected chi connectivity index (χ2v) is 6.13. The zero-order chi connectivity index (χ0) is 20.1. The first-order chi connectivity index (χ1) is 14.2. The number of hydrogen-bond acceptors (Lipinski definition) is 5. The zero-order valence-electron chi connectivity index (χ0n) is 15.2. The fourth-order valence-electron chi connectivity index (χ4n) is 2.67. The maximum absolute atomic E-state index is 13.7. The monoisotopic (exact) mass is 389 g/mol. The lowest BCUT2D eigenvalue weighted by atomic mass is 10.1. The molecule has 0 saturated carbocycles. The van der Waals surface area contributed by atoms with Crippen molar-refractivity contribution in [3.8, 4) is 17.4 Å². The summed E-state index contributed by atoms with van der Waals surface area (Å²) in [5.74, 6) is 0.854. The molecule has 4 aromatic rings. The predicted molar refractivity (Wildman–Crippen MR) is 104 cm³/mol. The van der Waals surface area contributed by atoms with E-state index in [4.69, 9.17) is 4.74 Å². The van der Waals surface area contributed by atoms with Crippen LogP contribution in [0.25, 0.3) is 5.82 Å². The molecule has 4 rings (SSSR count). The number of nitrogens with one attached hydrogen (secondary N) is 1. The highest BCUT2D eigenvalue weighted by atomic mass is 19.1.